The molecular formula is C7H13NO2. The molecule has 0 radical (unpaired) electrons. The number of hydrogen-bond donors (Lipinski definition) is 1. The Morgan fingerprint density at radius 1 is 1.80 bits per heavy atom. The lowest BCUT2D eigenvalue weighted by Crippen LogP contribution is -2.32. The molecule has 58 valence electrons. The average Bonchev–Trinajstić information content (AvgIpc) is 2.04. The molecule has 1 unspecified atom stereocenters. The minimum absolute atomic E-state index is 0.125. The number of carbonyl (C=O) groups is 1. The van der Waals surface area contributed by atoms with Crippen LogP contribution in [0.3, 0.4) is 0 Å². The summed E-state index contributed by atoms with van der Waals surface area (Å²) in [7, 11) is 0. The molecule has 0 amide bonds. The molecular weight excluding hydrogens is 130 g/mol. The first-order valence-electron chi connectivity index (χ1n) is 3.48. The van der Waals surface area contributed by atoms with Gasteiger partial charge in [-0.05, 0) is 20.4 Å². The molecule has 0 aromatic carbocycles. The van der Waals surface area contributed by atoms with Crippen molar-refractivity contribution in [3.63, 3.8) is 0 Å². The van der Waals surface area contributed by atoms with Gasteiger partial charge in [0.05, 0.1) is 6.42 Å². The Kier molecular flexibility index (Phi) is 1.68. The maximum Gasteiger partial charge on any atom is 0.306 e. The van der Waals surface area contributed by atoms with Gasteiger partial charge in [-0.15, -0.1) is 0 Å². The van der Waals surface area contributed by atoms with E-state index in [0.717, 1.165) is 0 Å². The molecule has 1 saturated heterocycles. The second-order valence-corrected chi connectivity index (χ2v) is 3.21. The highest BCUT2D eigenvalue weighted by molar-refractivity contribution is 5.72. The largest absolute Gasteiger partial charge is 0.459 e. The first-order valence-corrected chi connectivity index (χ1v) is 3.48. The Labute approximate surface area is 60.5 Å². The Morgan fingerprint density at radius 3 is 2.60 bits per heavy atom. The van der Waals surface area contributed by atoms with Gasteiger partial charge in [0.15, 0.2) is 0 Å². The van der Waals surface area contributed by atoms with Crippen molar-refractivity contribution in [1.82, 2.24) is 0 Å². The van der Waals surface area contributed by atoms with E-state index < -0.39 is 0 Å². The van der Waals surface area contributed by atoms with Crippen molar-refractivity contribution in [3.05, 3.63) is 0 Å². The summed E-state index contributed by atoms with van der Waals surface area (Å²) >= 11 is 0. The van der Waals surface area contributed by atoms with Crippen molar-refractivity contribution in [2.45, 2.75) is 25.9 Å². The first-order chi connectivity index (χ1) is 4.56. The van der Waals surface area contributed by atoms with Crippen LogP contribution >= 0.6 is 0 Å². The van der Waals surface area contributed by atoms with Gasteiger partial charge in [0.25, 0.3) is 0 Å². The molecule has 1 heterocycles. The van der Waals surface area contributed by atoms with Crippen LogP contribution in [0.5, 0.6) is 0 Å². The summed E-state index contributed by atoms with van der Waals surface area (Å²) in [5.41, 5.74) is 5.10. The molecule has 0 spiro atoms. The summed E-state index contributed by atoms with van der Waals surface area (Å²) in [5, 5.41) is 0. The third-order valence-corrected chi connectivity index (χ3v) is 2.06. The van der Waals surface area contributed by atoms with E-state index in [1.807, 2.05) is 13.8 Å². The van der Waals surface area contributed by atoms with Crippen LogP contribution in [0.1, 0.15) is 20.3 Å². The lowest BCUT2D eigenvalue weighted by atomic mass is 9.91. The van der Waals surface area contributed by atoms with Crippen LogP contribution in [0.25, 0.3) is 0 Å². The third kappa shape index (κ3) is 1.14. The Hall–Kier alpha value is -0.570. The number of esters is 1. The number of ether oxygens (including phenoxy) is 1. The fraction of sp³-hybridized carbons (Fsp3) is 0.857. The molecule has 3 heteroatoms. The van der Waals surface area contributed by atoms with Crippen LogP contribution in [0, 0.1) is 5.92 Å². The van der Waals surface area contributed by atoms with Crippen LogP contribution in [0.15, 0.2) is 0 Å². The predicted molar refractivity (Wildman–Crippen MR) is 37.3 cm³/mol. The highest BCUT2D eigenvalue weighted by Gasteiger charge is 2.40. The first kappa shape index (κ1) is 7.54. The maximum atomic E-state index is 10.8. The van der Waals surface area contributed by atoms with E-state index in [2.05, 4.69) is 0 Å². The van der Waals surface area contributed by atoms with Crippen molar-refractivity contribution in [3.8, 4) is 0 Å². The predicted octanol–water partition coefficient (Wildman–Crippen LogP) is 0.287. The quantitative estimate of drug-likeness (QED) is 0.537. The van der Waals surface area contributed by atoms with Gasteiger partial charge in [-0.3, -0.25) is 4.79 Å². The van der Waals surface area contributed by atoms with Crippen molar-refractivity contribution in [2.75, 3.05) is 6.54 Å². The Bertz CT molecular complexity index is 154. The summed E-state index contributed by atoms with van der Waals surface area (Å²) in [6, 6.07) is 0. The number of carbonyl (C=O) groups excluding carboxylic acids is 1. The lowest BCUT2D eigenvalue weighted by molar-refractivity contribution is -0.146. The highest BCUT2D eigenvalue weighted by atomic mass is 16.6. The van der Waals surface area contributed by atoms with Gasteiger partial charge >= 0.3 is 5.97 Å². The van der Waals surface area contributed by atoms with E-state index >= 15 is 0 Å². The Morgan fingerprint density at radius 2 is 2.40 bits per heavy atom. The summed E-state index contributed by atoms with van der Waals surface area (Å²) < 4.78 is 5.03. The number of hydrogen-bond acceptors (Lipinski definition) is 3. The average molecular weight is 143 g/mol. The van der Waals surface area contributed by atoms with Crippen LogP contribution in [0.4, 0.5) is 0 Å². The maximum absolute atomic E-state index is 10.8. The molecule has 0 aromatic rings. The molecule has 2 N–H and O–H groups in total. The van der Waals surface area contributed by atoms with Crippen molar-refractivity contribution in [1.29, 1.82) is 0 Å². The molecule has 10 heavy (non-hydrogen) atoms. The van der Waals surface area contributed by atoms with E-state index in [4.69, 9.17) is 10.5 Å². The number of nitrogens with two attached hydrogens (primary N) is 1. The van der Waals surface area contributed by atoms with Crippen LogP contribution in [-0.2, 0) is 9.53 Å². The molecule has 1 atom stereocenters. The highest BCUT2D eigenvalue weighted by Crippen LogP contribution is 2.30. The monoisotopic (exact) mass is 143 g/mol. The zero-order chi connectivity index (χ0) is 7.78. The normalized spacial score (nSPS) is 30.3. The smallest absolute Gasteiger partial charge is 0.306 e. The van der Waals surface area contributed by atoms with Crippen molar-refractivity contribution < 1.29 is 9.53 Å². The van der Waals surface area contributed by atoms with E-state index in [1.54, 1.807) is 0 Å². The van der Waals surface area contributed by atoms with E-state index in [1.165, 1.54) is 0 Å². The van der Waals surface area contributed by atoms with Gasteiger partial charge in [0.1, 0.15) is 5.60 Å². The third-order valence-electron chi connectivity index (χ3n) is 2.06. The minimum Gasteiger partial charge on any atom is -0.459 e. The van der Waals surface area contributed by atoms with Crippen molar-refractivity contribution in [2.24, 2.45) is 11.7 Å². The van der Waals surface area contributed by atoms with Gasteiger partial charge in [0.2, 0.25) is 0 Å². The molecule has 0 aliphatic carbocycles. The molecule has 0 bridgehead atoms. The zero-order valence-electron chi connectivity index (χ0n) is 6.39. The second-order valence-electron chi connectivity index (χ2n) is 3.21. The minimum atomic E-state index is -0.341. The summed E-state index contributed by atoms with van der Waals surface area (Å²) in [6.07, 6.45) is 0.476. The number of rotatable bonds is 1. The standard InChI is InChI=1S/C7H13NO2/c1-7(2)5(4-8)3-6(9)10-7/h5H,3-4,8H2,1-2H3. The van der Waals surface area contributed by atoms with Gasteiger partial charge < -0.3 is 10.5 Å². The molecule has 0 aromatic heterocycles. The van der Waals surface area contributed by atoms with Crippen LogP contribution in [0.2, 0.25) is 0 Å². The van der Waals surface area contributed by atoms with E-state index in [0.29, 0.717) is 13.0 Å². The Balaban J connectivity index is 2.67. The van der Waals surface area contributed by atoms with E-state index in [9.17, 15) is 4.79 Å². The molecule has 1 aliphatic rings. The van der Waals surface area contributed by atoms with Gasteiger partial charge in [-0.1, -0.05) is 0 Å². The lowest BCUT2D eigenvalue weighted by Gasteiger charge is -2.22. The second kappa shape index (κ2) is 2.23. The topological polar surface area (TPSA) is 52.3 Å². The molecule has 1 rings (SSSR count). The summed E-state index contributed by atoms with van der Waals surface area (Å²) in [5.74, 6) is 0.0699. The molecule has 3 nitrogen and oxygen atoms in total. The van der Waals surface area contributed by atoms with Crippen molar-refractivity contribution >= 4 is 5.97 Å². The number of cyclic esters (lactones) is 1. The SMILES string of the molecule is CC1(C)OC(=O)CC1CN. The molecule has 0 saturated carbocycles. The fourth-order valence-corrected chi connectivity index (χ4v) is 1.23. The summed E-state index contributed by atoms with van der Waals surface area (Å²) in [6.45, 7) is 4.32. The fourth-order valence-electron chi connectivity index (χ4n) is 1.23. The van der Waals surface area contributed by atoms with E-state index in [-0.39, 0.29) is 17.5 Å². The van der Waals surface area contributed by atoms with Crippen LogP contribution in [-0.4, -0.2) is 18.1 Å². The molecule has 1 aliphatic heterocycles. The van der Waals surface area contributed by atoms with Crippen LogP contribution < -0.4 is 5.73 Å². The molecule has 1 fully saturated rings. The summed E-state index contributed by atoms with van der Waals surface area (Å²) in [4.78, 5) is 10.8. The van der Waals surface area contributed by atoms with Gasteiger partial charge in [-0.25, -0.2) is 0 Å². The van der Waals surface area contributed by atoms with Gasteiger partial charge in [0, 0.05) is 5.92 Å². The van der Waals surface area contributed by atoms with Gasteiger partial charge in [-0.2, -0.15) is 0 Å². The zero-order valence-corrected chi connectivity index (χ0v) is 6.39.